The second-order valence-electron chi connectivity index (χ2n) is 8.12. The largest absolute Gasteiger partial charge is 0.341 e. The first kappa shape index (κ1) is 28.6. The Morgan fingerprint density at radius 3 is 2.11 bits per heavy atom. The van der Waals surface area contributed by atoms with E-state index in [0.29, 0.717) is 31.1 Å². The third-order valence-electron chi connectivity index (χ3n) is 5.57. The predicted molar refractivity (Wildman–Crippen MR) is 125 cm³/mol. The monoisotopic (exact) mass is 534 g/mol. The van der Waals surface area contributed by atoms with Gasteiger partial charge in [0.15, 0.2) is 11.6 Å². The summed E-state index contributed by atoms with van der Waals surface area (Å²) in [5.74, 6) is -4.01. The molecule has 13 heteroatoms. The summed E-state index contributed by atoms with van der Waals surface area (Å²) >= 11 is 0. The van der Waals surface area contributed by atoms with Crippen LogP contribution in [0.3, 0.4) is 0 Å². The Morgan fingerprint density at radius 1 is 0.914 bits per heavy atom. The summed E-state index contributed by atoms with van der Waals surface area (Å²) < 4.78 is 63.1. The van der Waals surface area contributed by atoms with Crippen molar-refractivity contribution in [1.82, 2.24) is 9.80 Å². The van der Waals surface area contributed by atoms with Gasteiger partial charge in [-0.15, -0.1) is 12.4 Å². The average molecular weight is 535 g/mol. The Morgan fingerprint density at radius 2 is 1.49 bits per heavy atom. The van der Waals surface area contributed by atoms with Crippen LogP contribution in [0.15, 0.2) is 41.3 Å². The van der Waals surface area contributed by atoms with Crippen LogP contribution in [-0.4, -0.2) is 62.3 Å². The molecule has 1 aliphatic heterocycles. The van der Waals surface area contributed by atoms with Crippen LogP contribution in [-0.2, 0) is 21.2 Å². The molecule has 4 N–H and O–H groups in total. The molecule has 0 unspecified atom stereocenters. The van der Waals surface area contributed by atoms with Crippen molar-refractivity contribution in [3.05, 3.63) is 65.0 Å². The van der Waals surface area contributed by atoms with E-state index in [9.17, 15) is 31.2 Å². The minimum absolute atomic E-state index is 0. The van der Waals surface area contributed by atoms with Crippen molar-refractivity contribution < 1.29 is 31.2 Å². The highest BCUT2D eigenvalue weighted by Crippen LogP contribution is 2.17. The summed E-state index contributed by atoms with van der Waals surface area (Å²) in [5, 5.41) is 5.07. The van der Waals surface area contributed by atoms with E-state index in [0.717, 1.165) is 6.07 Å². The van der Waals surface area contributed by atoms with Gasteiger partial charge in [-0.1, -0.05) is 0 Å². The molecule has 0 saturated carbocycles. The molecule has 0 aliphatic carbocycles. The number of carbonyl (C=O) groups excluding carboxylic acids is 2. The van der Waals surface area contributed by atoms with Crippen LogP contribution in [0.1, 0.15) is 28.8 Å². The van der Waals surface area contributed by atoms with Crippen LogP contribution in [0.25, 0.3) is 0 Å². The lowest BCUT2D eigenvalue weighted by molar-refractivity contribution is -0.131. The van der Waals surface area contributed by atoms with Crippen molar-refractivity contribution in [3.8, 4) is 0 Å². The number of sulfonamides is 1. The van der Waals surface area contributed by atoms with Gasteiger partial charge in [0.25, 0.3) is 5.91 Å². The molecule has 0 radical (unpaired) electrons. The van der Waals surface area contributed by atoms with Crippen LogP contribution in [0.5, 0.6) is 0 Å². The van der Waals surface area contributed by atoms with E-state index >= 15 is 0 Å². The molecule has 2 aromatic carbocycles. The molecular weight excluding hydrogens is 509 g/mol. The molecule has 2 amide bonds. The Bertz CT molecular complexity index is 1180. The van der Waals surface area contributed by atoms with Crippen LogP contribution in [0.4, 0.5) is 13.2 Å². The van der Waals surface area contributed by atoms with Crippen LogP contribution >= 0.6 is 12.4 Å². The van der Waals surface area contributed by atoms with Gasteiger partial charge in [-0.2, -0.15) is 0 Å². The number of nitrogens with zero attached hydrogens (tertiary/aromatic N) is 2. The van der Waals surface area contributed by atoms with Crippen molar-refractivity contribution >= 4 is 34.2 Å². The van der Waals surface area contributed by atoms with Gasteiger partial charge in [0, 0.05) is 50.3 Å². The third-order valence-corrected chi connectivity index (χ3v) is 6.50. The van der Waals surface area contributed by atoms with Crippen molar-refractivity contribution in [1.29, 1.82) is 0 Å². The molecule has 2 aromatic rings. The fraction of sp³-hybridized carbons (Fsp3) is 0.364. The van der Waals surface area contributed by atoms with Gasteiger partial charge in [-0.3, -0.25) is 9.59 Å². The first-order valence-electron chi connectivity index (χ1n) is 10.5. The highest BCUT2D eigenvalue weighted by atomic mass is 35.5. The molecule has 35 heavy (non-hydrogen) atoms. The number of carbonyl (C=O) groups is 2. The number of rotatable bonds is 6. The number of hydrogen-bond acceptors (Lipinski definition) is 5. The minimum atomic E-state index is -3.86. The Hall–Kier alpha value is -2.67. The zero-order valence-corrected chi connectivity index (χ0v) is 20.3. The first-order chi connectivity index (χ1) is 16.0. The molecule has 8 nitrogen and oxygen atoms in total. The smallest absolute Gasteiger partial charge is 0.253 e. The summed E-state index contributed by atoms with van der Waals surface area (Å²) in [6, 6.07) is 5.66. The molecular formula is C22H26ClF3N4O4S. The maximum atomic E-state index is 13.8. The zero-order chi connectivity index (χ0) is 25.0. The predicted octanol–water partition coefficient (Wildman–Crippen LogP) is 1.81. The number of halogens is 4. The van der Waals surface area contributed by atoms with Crippen LogP contribution in [0, 0.1) is 17.5 Å². The van der Waals surface area contributed by atoms with Gasteiger partial charge in [0.2, 0.25) is 15.9 Å². The Labute approximate surface area is 207 Å². The number of primary sulfonamides is 1. The molecule has 0 bridgehead atoms. The molecule has 1 heterocycles. The van der Waals surface area contributed by atoms with E-state index in [1.165, 1.54) is 24.3 Å². The van der Waals surface area contributed by atoms with E-state index in [1.807, 2.05) is 0 Å². The van der Waals surface area contributed by atoms with Crippen molar-refractivity contribution in [2.24, 2.45) is 10.9 Å². The Balaban J connectivity index is 0.00000432. The minimum Gasteiger partial charge on any atom is -0.341 e. The molecule has 1 atom stereocenters. The van der Waals surface area contributed by atoms with Gasteiger partial charge >= 0.3 is 0 Å². The zero-order valence-electron chi connectivity index (χ0n) is 18.6. The molecule has 0 spiro atoms. The van der Waals surface area contributed by atoms with Gasteiger partial charge in [0.05, 0.1) is 4.90 Å². The normalized spacial score (nSPS) is 15.2. The number of nitrogens with two attached hydrogens (primary N) is 2. The summed E-state index contributed by atoms with van der Waals surface area (Å²) in [6.45, 7) is 1.30. The standard InChI is InChI=1S/C22H25F3N4O4S.ClH/c23-18-13-20(25)19(24)11-15(18)10-16(26)12-21(30)28-6-1-7-29(9-8-28)22(31)14-2-4-17(5-3-14)34(27,32)33;/h2-5,11,13,16H,1,6-10,12,26H2,(H2,27,32,33);1H/t16-;/m1./s1. The second kappa shape index (κ2) is 11.8. The lowest BCUT2D eigenvalue weighted by Crippen LogP contribution is -2.40. The summed E-state index contributed by atoms with van der Waals surface area (Å²) in [7, 11) is -3.86. The molecule has 1 saturated heterocycles. The number of benzene rings is 2. The van der Waals surface area contributed by atoms with Gasteiger partial charge in [-0.25, -0.2) is 26.7 Å². The lowest BCUT2D eigenvalue weighted by atomic mass is 10.0. The van der Waals surface area contributed by atoms with E-state index in [4.69, 9.17) is 10.9 Å². The highest BCUT2D eigenvalue weighted by Gasteiger charge is 2.25. The van der Waals surface area contributed by atoms with Gasteiger partial charge in [-0.05, 0) is 48.7 Å². The van der Waals surface area contributed by atoms with Crippen LogP contribution < -0.4 is 10.9 Å². The molecule has 1 aliphatic rings. The van der Waals surface area contributed by atoms with Crippen molar-refractivity contribution in [2.45, 2.75) is 30.2 Å². The molecule has 3 rings (SSSR count). The number of amides is 2. The second-order valence-corrected chi connectivity index (χ2v) is 9.68. The maximum Gasteiger partial charge on any atom is 0.253 e. The van der Waals surface area contributed by atoms with Crippen LogP contribution in [0.2, 0.25) is 0 Å². The van der Waals surface area contributed by atoms with E-state index < -0.39 is 33.5 Å². The van der Waals surface area contributed by atoms with Gasteiger partial charge < -0.3 is 15.5 Å². The lowest BCUT2D eigenvalue weighted by Gasteiger charge is -2.23. The first-order valence-corrected chi connectivity index (χ1v) is 12.1. The Kier molecular flexibility index (Phi) is 9.67. The van der Waals surface area contributed by atoms with Gasteiger partial charge in [0.1, 0.15) is 5.82 Å². The highest BCUT2D eigenvalue weighted by molar-refractivity contribution is 7.89. The maximum absolute atomic E-state index is 13.8. The molecule has 192 valence electrons. The summed E-state index contributed by atoms with van der Waals surface area (Å²) in [4.78, 5) is 28.5. The third kappa shape index (κ3) is 7.40. The average Bonchev–Trinajstić information content (AvgIpc) is 3.03. The fourth-order valence-corrected chi connectivity index (χ4v) is 4.28. The van der Waals surface area contributed by atoms with E-state index in [1.54, 1.807) is 9.80 Å². The SMILES string of the molecule is Cl.N[C@@H](CC(=O)N1CCCN(C(=O)c2ccc(S(N)(=O)=O)cc2)CC1)Cc1cc(F)c(F)cc1F. The molecule has 0 aromatic heterocycles. The summed E-state index contributed by atoms with van der Waals surface area (Å²) in [6.07, 6.45) is 0.253. The van der Waals surface area contributed by atoms with Crippen molar-refractivity contribution in [3.63, 3.8) is 0 Å². The topological polar surface area (TPSA) is 127 Å². The van der Waals surface area contributed by atoms with E-state index in [2.05, 4.69) is 0 Å². The quantitative estimate of drug-likeness (QED) is 0.546. The molecule has 1 fully saturated rings. The summed E-state index contributed by atoms with van der Waals surface area (Å²) in [5.41, 5.74) is 6.14. The van der Waals surface area contributed by atoms with E-state index in [-0.39, 0.29) is 60.6 Å². The fourth-order valence-electron chi connectivity index (χ4n) is 3.77. The number of hydrogen-bond donors (Lipinski definition) is 2. The van der Waals surface area contributed by atoms with Crippen molar-refractivity contribution in [2.75, 3.05) is 26.2 Å².